The van der Waals surface area contributed by atoms with Crippen molar-refractivity contribution in [3.8, 4) is 0 Å². The molecule has 2 rings (SSSR count). The average Bonchev–Trinajstić information content (AvgIpc) is 2.57. The van der Waals surface area contributed by atoms with Crippen LogP contribution < -0.4 is 0 Å². The molecule has 0 unspecified atom stereocenters. The number of amides is 2. The second-order valence-corrected chi connectivity index (χ2v) is 9.60. The third kappa shape index (κ3) is 9.42. The van der Waals surface area contributed by atoms with Gasteiger partial charge in [0.15, 0.2) is 0 Å². The van der Waals surface area contributed by atoms with Crippen molar-refractivity contribution in [1.29, 1.82) is 0 Å². The van der Waals surface area contributed by atoms with Crippen LogP contribution >= 0.6 is 0 Å². The van der Waals surface area contributed by atoms with Crippen LogP contribution in [0.15, 0.2) is 0 Å². The Morgan fingerprint density at radius 1 is 0.767 bits per heavy atom. The summed E-state index contributed by atoms with van der Waals surface area (Å²) in [6, 6.07) is 0. The lowest BCUT2D eigenvalue weighted by Gasteiger charge is -2.33. The average molecular weight is 439 g/mol. The molecule has 10 heteroatoms. The van der Waals surface area contributed by atoms with E-state index in [-0.39, 0.29) is 25.9 Å². The molecule has 2 N–H and O–H groups in total. The lowest BCUT2D eigenvalue weighted by atomic mass is 10.1. The van der Waals surface area contributed by atoms with Gasteiger partial charge in [-0.1, -0.05) is 0 Å². The zero-order valence-corrected chi connectivity index (χ0v) is 18.7. The normalized spacial score (nSPS) is 27.7. The van der Waals surface area contributed by atoms with E-state index in [0.717, 1.165) is 0 Å². The summed E-state index contributed by atoms with van der Waals surface area (Å²) in [7, 11) is 0. The third-order valence-corrected chi connectivity index (χ3v) is 4.32. The van der Waals surface area contributed by atoms with E-state index in [4.69, 9.17) is 19.7 Å². The van der Waals surface area contributed by atoms with Gasteiger partial charge in [0.1, 0.15) is 23.5 Å². The maximum Gasteiger partial charge on any atom is 0.410 e. The number of carbonyl (C=O) groups is 2. The minimum atomic E-state index is -1.37. The highest BCUT2D eigenvalue weighted by molar-refractivity contribution is 5.68. The molecule has 0 saturated carbocycles. The predicted octanol–water partition coefficient (Wildman–Crippen LogP) is 2.65. The molecule has 2 heterocycles. The Balaban J connectivity index is 0.000000300. The van der Waals surface area contributed by atoms with E-state index in [9.17, 15) is 18.4 Å². The van der Waals surface area contributed by atoms with Crippen molar-refractivity contribution < 1.29 is 38.1 Å². The number of piperidine rings is 2. The van der Waals surface area contributed by atoms with Gasteiger partial charge < -0.3 is 29.5 Å². The topological polar surface area (TPSA) is 99.5 Å². The van der Waals surface area contributed by atoms with Crippen LogP contribution in [-0.2, 0) is 9.47 Å². The summed E-state index contributed by atoms with van der Waals surface area (Å²) in [5.41, 5.74) is -1.14. The van der Waals surface area contributed by atoms with Gasteiger partial charge >= 0.3 is 12.2 Å². The maximum absolute atomic E-state index is 13.1. The number of hydrogen-bond acceptors (Lipinski definition) is 6. The molecule has 0 aromatic rings. The van der Waals surface area contributed by atoms with Gasteiger partial charge in [-0.05, 0) is 54.4 Å². The Morgan fingerprint density at radius 2 is 1.07 bits per heavy atom. The van der Waals surface area contributed by atoms with E-state index < -0.39 is 47.9 Å². The van der Waals surface area contributed by atoms with Crippen LogP contribution in [0.3, 0.4) is 0 Å². The molecule has 30 heavy (non-hydrogen) atoms. The number of hydrogen-bond donors (Lipinski definition) is 2. The Morgan fingerprint density at radius 3 is 1.30 bits per heavy atom. The van der Waals surface area contributed by atoms with Gasteiger partial charge in [-0.15, -0.1) is 0 Å². The van der Waals surface area contributed by atoms with Crippen LogP contribution in [0.25, 0.3) is 0 Å². The molecule has 2 saturated heterocycles. The van der Waals surface area contributed by atoms with Gasteiger partial charge in [0.05, 0.1) is 25.3 Å². The highest BCUT2D eigenvalue weighted by Crippen LogP contribution is 2.18. The van der Waals surface area contributed by atoms with Crippen molar-refractivity contribution in [3.05, 3.63) is 0 Å². The van der Waals surface area contributed by atoms with E-state index in [1.807, 2.05) is 0 Å². The van der Waals surface area contributed by atoms with Crippen molar-refractivity contribution in [1.82, 2.24) is 9.80 Å². The monoisotopic (exact) mass is 438 g/mol. The highest BCUT2D eigenvalue weighted by Gasteiger charge is 2.33. The Kier molecular flexibility index (Phi) is 9.28. The number of halogens is 2. The molecule has 176 valence electrons. The van der Waals surface area contributed by atoms with E-state index >= 15 is 0 Å². The molecule has 0 aromatic heterocycles. The van der Waals surface area contributed by atoms with Gasteiger partial charge in [-0.25, -0.2) is 18.4 Å². The van der Waals surface area contributed by atoms with E-state index in [1.54, 1.807) is 41.5 Å². The number of rotatable bonds is 0. The van der Waals surface area contributed by atoms with Crippen LogP contribution in [0.2, 0.25) is 0 Å². The molecule has 0 bridgehead atoms. The van der Waals surface area contributed by atoms with Gasteiger partial charge in [0, 0.05) is 13.1 Å². The van der Waals surface area contributed by atoms with Crippen LogP contribution in [0, 0.1) is 0 Å². The second kappa shape index (κ2) is 10.6. The molecule has 2 fully saturated rings. The quantitative estimate of drug-likeness (QED) is 0.603. The molecule has 2 amide bonds. The Labute approximate surface area is 177 Å². The van der Waals surface area contributed by atoms with Crippen LogP contribution in [0.1, 0.15) is 54.4 Å². The van der Waals surface area contributed by atoms with Crippen LogP contribution in [-0.4, -0.2) is 94.1 Å². The van der Waals surface area contributed by atoms with Crippen molar-refractivity contribution in [2.45, 2.75) is 90.1 Å². The molecule has 2 aliphatic rings. The van der Waals surface area contributed by atoms with E-state index in [1.165, 1.54) is 9.80 Å². The van der Waals surface area contributed by atoms with Crippen LogP contribution in [0.4, 0.5) is 18.4 Å². The molecule has 0 spiro atoms. The molecule has 4 atom stereocenters. The molecule has 0 radical (unpaired) electrons. The Hall–Kier alpha value is -1.68. The van der Waals surface area contributed by atoms with Gasteiger partial charge in [-0.2, -0.15) is 0 Å². The predicted molar refractivity (Wildman–Crippen MR) is 107 cm³/mol. The number of aliphatic hydroxyl groups excluding tert-OH is 2. The molecule has 8 nitrogen and oxygen atoms in total. The van der Waals surface area contributed by atoms with Crippen molar-refractivity contribution in [2.24, 2.45) is 0 Å². The minimum Gasteiger partial charge on any atom is -0.444 e. The summed E-state index contributed by atoms with van der Waals surface area (Å²) in [5.74, 6) is 0. The zero-order chi connectivity index (χ0) is 23.3. The summed E-state index contributed by atoms with van der Waals surface area (Å²) in [4.78, 5) is 25.6. The summed E-state index contributed by atoms with van der Waals surface area (Å²) < 4.78 is 36.4. The number of alkyl halides is 2. The second-order valence-electron chi connectivity index (χ2n) is 9.60. The summed E-state index contributed by atoms with van der Waals surface area (Å²) >= 11 is 0. The van der Waals surface area contributed by atoms with E-state index in [0.29, 0.717) is 13.1 Å². The Bertz CT molecular complexity index is 529. The summed E-state index contributed by atoms with van der Waals surface area (Å²) in [6.07, 6.45) is -5.15. The SMILES string of the molecule is CC(C)(C)OC(=O)N1CC[C@@H](O)[C@@H](F)C1.CC(C)(C)OC(=O)N1CC[C@H](O)[C@H](F)C1. The maximum atomic E-state index is 13.1. The first-order valence-corrected chi connectivity index (χ1v) is 10.2. The van der Waals surface area contributed by atoms with Crippen LogP contribution in [0.5, 0.6) is 0 Å². The van der Waals surface area contributed by atoms with Gasteiger partial charge in [0.25, 0.3) is 0 Å². The van der Waals surface area contributed by atoms with Gasteiger partial charge in [0.2, 0.25) is 0 Å². The first kappa shape index (κ1) is 26.4. The molecular weight excluding hydrogens is 402 g/mol. The fourth-order valence-electron chi connectivity index (χ4n) is 2.77. The van der Waals surface area contributed by atoms with Gasteiger partial charge in [-0.3, -0.25) is 0 Å². The summed E-state index contributed by atoms with van der Waals surface area (Å²) in [6.45, 7) is 11.1. The zero-order valence-electron chi connectivity index (χ0n) is 18.7. The molecule has 0 aromatic carbocycles. The van der Waals surface area contributed by atoms with Crippen molar-refractivity contribution in [3.63, 3.8) is 0 Å². The lowest BCUT2D eigenvalue weighted by molar-refractivity contribution is -0.0182. The van der Waals surface area contributed by atoms with Crippen molar-refractivity contribution >= 4 is 12.2 Å². The largest absolute Gasteiger partial charge is 0.444 e. The third-order valence-electron chi connectivity index (χ3n) is 4.32. The number of ether oxygens (including phenoxy) is 2. The standard InChI is InChI=1S/2C10H18FNO3/c2*1-10(2,3)15-9(14)12-5-4-8(13)7(11)6-12/h2*7-8,13H,4-6H2,1-3H3/t2*7-,8+/m10/s1. The highest BCUT2D eigenvalue weighted by atomic mass is 19.1. The molecule has 0 aliphatic carbocycles. The first-order chi connectivity index (χ1) is 13.6. The minimum absolute atomic E-state index is 0.0872. The fourth-order valence-corrected chi connectivity index (χ4v) is 2.77. The molecule has 2 aliphatic heterocycles. The number of carbonyl (C=O) groups excluding carboxylic acids is 2. The smallest absolute Gasteiger partial charge is 0.410 e. The van der Waals surface area contributed by atoms with Crippen molar-refractivity contribution in [2.75, 3.05) is 26.2 Å². The summed E-state index contributed by atoms with van der Waals surface area (Å²) in [5, 5.41) is 18.3. The van der Waals surface area contributed by atoms with E-state index in [2.05, 4.69) is 0 Å². The fraction of sp³-hybridized carbons (Fsp3) is 0.900. The lowest BCUT2D eigenvalue weighted by Crippen LogP contribution is -2.48. The molecular formula is C20H36F2N2O6. The number of aliphatic hydroxyl groups is 2. The number of nitrogens with zero attached hydrogens (tertiary/aromatic N) is 2. The number of likely N-dealkylation sites (tertiary alicyclic amines) is 2. The first-order valence-electron chi connectivity index (χ1n) is 10.2.